The number of nitrogens with two attached hydrogens (primary N) is 1. The Labute approximate surface area is 134 Å². The van der Waals surface area contributed by atoms with Gasteiger partial charge >= 0.3 is 0 Å². The van der Waals surface area contributed by atoms with Crippen LogP contribution in [0.3, 0.4) is 0 Å². The van der Waals surface area contributed by atoms with E-state index in [2.05, 4.69) is 28.2 Å². The first-order valence-corrected chi connectivity index (χ1v) is 7.78. The van der Waals surface area contributed by atoms with Gasteiger partial charge in [0.05, 0.1) is 18.2 Å². The highest BCUT2D eigenvalue weighted by Gasteiger charge is 2.12. The molecule has 0 aromatic heterocycles. The number of hydrogen-bond acceptors (Lipinski definition) is 4. The minimum atomic E-state index is -0.308. The van der Waals surface area contributed by atoms with Crippen molar-refractivity contribution in [2.75, 3.05) is 13.7 Å². The molecule has 1 unspecified atom stereocenters. The predicted octanol–water partition coefficient (Wildman–Crippen LogP) is 2.60. The van der Waals surface area contributed by atoms with Crippen molar-refractivity contribution in [2.24, 2.45) is 5.73 Å². The maximum absolute atomic E-state index is 10.9. The van der Waals surface area contributed by atoms with Crippen LogP contribution in [0.4, 0.5) is 0 Å². The molecule has 0 spiro atoms. The molecule has 0 saturated heterocycles. The summed E-state index contributed by atoms with van der Waals surface area (Å²) in [7, 11) is 1.62. The minimum Gasteiger partial charge on any atom is -0.493 e. The van der Waals surface area contributed by atoms with Crippen LogP contribution >= 0.6 is 15.9 Å². The molecule has 0 aliphatic rings. The largest absolute Gasteiger partial charge is 0.493 e. The Kier molecular flexibility index (Phi) is 7.53. The van der Waals surface area contributed by atoms with Gasteiger partial charge in [0.15, 0.2) is 11.5 Å². The second-order valence-corrected chi connectivity index (χ2v) is 5.76. The molecule has 1 atom stereocenters. The van der Waals surface area contributed by atoms with E-state index in [4.69, 9.17) is 15.2 Å². The molecule has 21 heavy (non-hydrogen) atoms. The van der Waals surface area contributed by atoms with Crippen LogP contribution in [0.2, 0.25) is 0 Å². The van der Waals surface area contributed by atoms with E-state index in [1.807, 2.05) is 19.1 Å². The van der Waals surface area contributed by atoms with Crippen LogP contribution < -0.4 is 20.5 Å². The molecule has 0 fully saturated rings. The average molecular weight is 359 g/mol. The molecule has 0 radical (unpaired) electrons. The first-order chi connectivity index (χ1) is 9.97. The molecular weight excluding hydrogens is 336 g/mol. The van der Waals surface area contributed by atoms with Crippen molar-refractivity contribution in [1.82, 2.24) is 5.32 Å². The van der Waals surface area contributed by atoms with Gasteiger partial charge in [0.1, 0.15) is 0 Å². The Morgan fingerprint density at radius 3 is 2.76 bits per heavy atom. The fraction of sp³-hybridized carbons (Fsp3) is 0.533. The van der Waals surface area contributed by atoms with E-state index in [0.717, 1.165) is 16.5 Å². The van der Waals surface area contributed by atoms with Crippen molar-refractivity contribution >= 4 is 21.8 Å². The van der Waals surface area contributed by atoms with E-state index >= 15 is 0 Å². The molecule has 0 aliphatic heterocycles. The van der Waals surface area contributed by atoms with Crippen molar-refractivity contribution in [3.05, 3.63) is 22.2 Å². The predicted molar refractivity (Wildman–Crippen MR) is 86.6 cm³/mol. The number of benzene rings is 1. The second-order valence-electron chi connectivity index (χ2n) is 4.91. The molecule has 118 valence electrons. The highest BCUT2D eigenvalue weighted by atomic mass is 79.9. The zero-order valence-corrected chi connectivity index (χ0v) is 14.3. The lowest BCUT2D eigenvalue weighted by Gasteiger charge is -2.16. The third-order valence-electron chi connectivity index (χ3n) is 2.90. The number of primary amides is 1. The number of halogens is 1. The second kappa shape index (κ2) is 8.89. The topological polar surface area (TPSA) is 73.6 Å². The molecule has 5 nitrogen and oxygen atoms in total. The third kappa shape index (κ3) is 5.93. The average Bonchev–Trinajstić information content (AvgIpc) is 2.42. The quantitative estimate of drug-likeness (QED) is 0.711. The van der Waals surface area contributed by atoms with Gasteiger partial charge in [-0.15, -0.1) is 0 Å². The standard InChI is InChI=1S/C15H23BrN2O3/c1-4-5-21-15-12(16)7-11(8-13(15)20-3)9-18-10(2)6-14(17)19/h7-8,10,18H,4-6,9H2,1-3H3,(H2,17,19). The van der Waals surface area contributed by atoms with Gasteiger partial charge in [-0.3, -0.25) is 4.79 Å². The summed E-state index contributed by atoms with van der Waals surface area (Å²) in [5.41, 5.74) is 6.22. The van der Waals surface area contributed by atoms with Crippen molar-refractivity contribution < 1.29 is 14.3 Å². The Balaban J connectivity index is 2.76. The maximum atomic E-state index is 10.9. The van der Waals surface area contributed by atoms with Crippen molar-refractivity contribution in [3.8, 4) is 11.5 Å². The zero-order chi connectivity index (χ0) is 15.8. The summed E-state index contributed by atoms with van der Waals surface area (Å²) in [6.07, 6.45) is 1.25. The number of hydrogen-bond donors (Lipinski definition) is 2. The first kappa shape index (κ1) is 17.8. The van der Waals surface area contributed by atoms with E-state index in [0.29, 0.717) is 31.1 Å². The SMILES string of the molecule is CCCOc1c(Br)cc(CNC(C)CC(N)=O)cc1OC. The highest BCUT2D eigenvalue weighted by molar-refractivity contribution is 9.10. The Morgan fingerprint density at radius 2 is 2.19 bits per heavy atom. The summed E-state index contributed by atoms with van der Waals surface area (Å²) in [5.74, 6) is 1.10. The molecule has 0 heterocycles. The van der Waals surface area contributed by atoms with E-state index in [-0.39, 0.29) is 11.9 Å². The lowest BCUT2D eigenvalue weighted by molar-refractivity contribution is -0.118. The van der Waals surface area contributed by atoms with Gasteiger partial charge in [-0.2, -0.15) is 0 Å². The lowest BCUT2D eigenvalue weighted by atomic mass is 10.1. The molecular formula is C15H23BrN2O3. The summed E-state index contributed by atoms with van der Waals surface area (Å²) in [6.45, 7) is 5.24. The first-order valence-electron chi connectivity index (χ1n) is 6.98. The van der Waals surface area contributed by atoms with Gasteiger partial charge in [0.25, 0.3) is 0 Å². The van der Waals surface area contributed by atoms with Crippen molar-refractivity contribution in [3.63, 3.8) is 0 Å². The number of methoxy groups -OCH3 is 1. The molecule has 6 heteroatoms. The van der Waals surface area contributed by atoms with Gasteiger partial charge < -0.3 is 20.5 Å². The van der Waals surface area contributed by atoms with Crippen LogP contribution in [0.25, 0.3) is 0 Å². The smallest absolute Gasteiger partial charge is 0.218 e. The Hall–Kier alpha value is -1.27. The molecule has 1 aromatic rings. The van der Waals surface area contributed by atoms with Gasteiger partial charge in [0.2, 0.25) is 5.91 Å². The zero-order valence-electron chi connectivity index (χ0n) is 12.7. The van der Waals surface area contributed by atoms with Gasteiger partial charge in [0, 0.05) is 19.0 Å². The highest BCUT2D eigenvalue weighted by Crippen LogP contribution is 2.36. The number of amides is 1. The molecule has 0 bridgehead atoms. The van der Waals surface area contributed by atoms with E-state index in [1.165, 1.54) is 0 Å². The summed E-state index contributed by atoms with van der Waals surface area (Å²) in [5, 5.41) is 3.25. The van der Waals surface area contributed by atoms with Crippen LogP contribution in [-0.2, 0) is 11.3 Å². The summed E-state index contributed by atoms with van der Waals surface area (Å²) in [4.78, 5) is 10.9. The third-order valence-corrected chi connectivity index (χ3v) is 3.49. The summed E-state index contributed by atoms with van der Waals surface area (Å²) < 4.78 is 11.9. The summed E-state index contributed by atoms with van der Waals surface area (Å²) >= 11 is 3.51. The molecule has 1 rings (SSSR count). The normalized spacial score (nSPS) is 12.0. The van der Waals surface area contributed by atoms with Gasteiger partial charge in [-0.25, -0.2) is 0 Å². The minimum absolute atomic E-state index is 0.0308. The summed E-state index contributed by atoms with van der Waals surface area (Å²) in [6, 6.07) is 3.94. The number of rotatable bonds is 9. The van der Waals surface area contributed by atoms with Gasteiger partial charge in [-0.05, 0) is 47.0 Å². The van der Waals surface area contributed by atoms with Crippen molar-refractivity contribution in [1.29, 1.82) is 0 Å². The number of carbonyl (C=O) groups excluding carboxylic acids is 1. The Bertz CT molecular complexity index is 480. The molecule has 1 aromatic carbocycles. The fourth-order valence-electron chi connectivity index (χ4n) is 1.89. The molecule has 3 N–H and O–H groups in total. The van der Waals surface area contributed by atoms with Crippen LogP contribution in [-0.4, -0.2) is 25.7 Å². The number of ether oxygens (including phenoxy) is 2. The van der Waals surface area contributed by atoms with E-state index in [9.17, 15) is 4.79 Å². The lowest BCUT2D eigenvalue weighted by Crippen LogP contribution is -2.30. The fourth-order valence-corrected chi connectivity index (χ4v) is 2.49. The monoisotopic (exact) mass is 358 g/mol. The van der Waals surface area contributed by atoms with Crippen LogP contribution in [0.15, 0.2) is 16.6 Å². The van der Waals surface area contributed by atoms with Crippen molar-refractivity contribution in [2.45, 2.75) is 39.3 Å². The molecule has 0 aliphatic carbocycles. The molecule has 1 amide bonds. The number of nitrogens with one attached hydrogen (secondary N) is 1. The molecule has 0 saturated carbocycles. The number of carbonyl (C=O) groups is 1. The van der Waals surface area contributed by atoms with E-state index < -0.39 is 0 Å². The van der Waals surface area contributed by atoms with Crippen LogP contribution in [0.1, 0.15) is 32.3 Å². The van der Waals surface area contributed by atoms with Crippen LogP contribution in [0.5, 0.6) is 11.5 Å². The Morgan fingerprint density at radius 1 is 1.48 bits per heavy atom. The maximum Gasteiger partial charge on any atom is 0.218 e. The van der Waals surface area contributed by atoms with Crippen LogP contribution in [0, 0.1) is 0 Å². The van der Waals surface area contributed by atoms with Gasteiger partial charge in [-0.1, -0.05) is 6.92 Å². The van der Waals surface area contributed by atoms with E-state index in [1.54, 1.807) is 7.11 Å².